The summed E-state index contributed by atoms with van der Waals surface area (Å²) in [7, 11) is 0. The van der Waals surface area contributed by atoms with E-state index >= 15 is 0 Å². The van der Waals surface area contributed by atoms with E-state index in [1.54, 1.807) is 6.20 Å². The third-order valence-electron chi connectivity index (χ3n) is 1.28. The maximum atomic E-state index is 4.04. The Labute approximate surface area is 66.2 Å². The maximum Gasteiger partial charge on any atom is 0.136 e. The fraction of sp³-hybridized carbons (Fsp3) is 0.250. The van der Waals surface area contributed by atoms with Gasteiger partial charge in [0.25, 0.3) is 0 Å². The van der Waals surface area contributed by atoms with Gasteiger partial charge in [-0.3, -0.25) is 0 Å². The Morgan fingerprint density at radius 2 is 2.36 bits per heavy atom. The molecular formula is C8H11N3. The number of aromatic nitrogens is 2. The van der Waals surface area contributed by atoms with Gasteiger partial charge in [-0.25, -0.2) is 9.97 Å². The minimum atomic E-state index is 0.859. The molecule has 1 aromatic rings. The molecule has 0 radical (unpaired) electrons. The summed E-state index contributed by atoms with van der Waals surface area (Å²) < 4.78 is 0. The van der Waals surface area contributed by atoms with E-state index in [1.165, 1.54) is 6.33 Å². The van der Waals surface area contributed by atoms with Crippen LogP contribution in [0.25, 0.3) is 0 Å². The lowest BCUT2D eigenvalue weighted by Gasteiger charge is -2.00. The van der Waals surface area contributed by atoms with Gasteiger partial charge in [0.1, 0.15) is 12.1 Å². The van der Waals surface area contributed by atoms with Crippen molar-refractivity contribution in [1.82, 2.24) is 9.97 Å². The monoisotopic (exact) mass is 149 g/mol. The molecule has 0 spiro atoms. The first kappa shape index (κ1) is 7.72. The molecular weight excluding hydrogens is 138 g/mol. The van der Waals surface area contributed by atoms with Crippen molar-refractivity contribution in [1.29, 1.82) is 0 Å². The topological polar surface area (TPSA) is 37.8 Å². The van der Waals surface area contributed by atoms with Crippen LogP contribution in [0.1, 0.15) is 12.5 Å². The number of hydrogen-bond acceptors (Lipinski definition) is 3. The molecule has 3 nitrogen and oxygen atoms in total. The van der Waals surface area contributed by atoms with Gasteiger partial charge in [-0.15, -0.1) is 0 Å². The van der Waals surface area contributed by atoms with Crippen LogP contribution in [-0.4, -0.2) is 9.97 Å². The highest BCUT2D eigenvalue weighted by atomic mass is 15.0. The second-order valence-electron chi connectivity index (χ2n) is 2.20. The smallest absolute Gasteiger partial charge is 0.136 e. The fourth-order valence-electron chi connectivity index (χ4n) is 0.713. The second kappa shape index (κ2) is 3.71. The van der Waals surface area contributed by atoms with Crippen molar-refractivity contribution in [2.45, 2.75) is 13.8 Å². The Kier molecular flexibility index (Phi) is 2.60. The lowest BCUT2D eigenvalue weighted by molar-refractivity contribution is 1.13. The molecule has 0 fully saturated rings. The van der Waals surface area contributed by atoms with E-state index in [-0.39, 0.29) is 0 Å². The zero-order valence-electron chi connectivity index (χ0n) is 6.70. The van der Waals surface area contributed by atoms with Crippen LogP contribution in [0.2, 0.25) is 0 Å². The lowest BCUT2D eigenvalue weighted by atomic mass is 10.3. The molecule has 0 aliphatic rings. The molecule has 0 atom stereocenters. The average Bonchev–Trinajstić information content (AvgIpc) is 2.03. The summed E-state index contributed by atoms with van der Waals surface area (Å²) in [5, 5.41) is 3.03. The maximum absolute atomic E-state index is 4.04. The zero-order valence-corrected chi connectivity index (χ0v) is 6.70. The van der Waals surface area contributed by atoms with Crippen LogP contribution in [0.4, 0.5) is 5.82 Å². The number of anilines is 1. The largest absolute Gasteiger partial charge is 0.347 e. The molecule has 0 aliphatic carbocycles. The molecule has 0 bridgehead atoms. The average molecular weight is 149 g/mol. The van der Waals surface area contributed by atoms with Crippen LogP contribution in [0.5, 0.6) is 0 Å². The molecule has 1 N–H and O–H groups in total. The van der Waals surface area contributed by atoms with E-state index < -0.39 is 0 Å². The molecule has 0 aliphatic heterocycles. The highest BCUT2D eigenvalue weighted by molar-refractivity contribution is 5.43. The van der Waals surface area contributed by atoms with Crippen molar-refractivity contribution in [3.8, 4) is 0 Å². The van der Waals surface area contributed by atoms with Gasteiger partial charge in [0, 0.05) is 11.8 Å². The summed E-state index contributed by atoms with van der Waals surface area (Å²) >= 11 is 0. The Balaban J connectivity index is 2.77. The molecule has 0 unspecified atom stereocenters. The third kappa shape index (κ3) is 2.04. The van der Waals surface area contributed by atoms with Gasteiger partial charge in [-0.05, 0) is 20.0 Å². The number of aryl methyl sites for hydroxylation is 1. The number of nitrogens with one attached hydrogen (secondary N) is 1. The van der Waals surface area contributed by atoms with Crippen LogP contribution >= 0.6 is 0 Å². The second-order valence-corrected chi connectivity index (χ2v) is 2.20. The van der Waals surface area contributed by atoms with Gasteiger partial charge in [0.2, 0.25) is 0 Å². The predicted octanol–water partition coefficient (Wildman–Crippen LogP) is 1.73. The van der Waals surface area contributed by atoms with E-state index in [0.29, 0.717) is 0 Å². The van der Waals surface area contributed by atoms with Crippen LogP contribution < -0.4 is 5.32 Å². The number of nitrogens with zero attached hydrogens (tertiary/aromatic N) is 2. The first-order valence-electron chi connectivity index (χ1n) is 3.49. The van der Waals surface area contributed by atoms with Crippen LogP contribution in [0, 0.1) is 6.92 Å². The van der Waals surface area contributed by atoms with E-state index in [2.05, 4.69) is 15.3 Å². The van der Waals surface area contributed by atoms with Crippen LogP contribution in [0.15, 0.2) is 24.8 Å². The number of hydrogen-bond donors (Lipinski definition) is 1. The molecule has 58 valence electrons. The minimum Gasteiger partial charge on any atom is -0.347 e. The van der Waals surface area contributed by atoms with Gasteiger partial charge in [-0.2, -0.15) is 0 Å². The molecule has 1 rings (SSSR count). The first-order valence-corrected chi connectivity index (χ1v) is 3.49. The SMILES string of the molecule is C/C=C\Nc1ncncc1C. The Morgan fingerprint density at radius 1 is 1.55 bits per heavy atom. The molecule has 11 heavy (non-hydrogen) atoms. The molecule has 0 amide bonds. The molecule has 0 saturated heterocycles. The normalized spacial score (nSPS) is 10.4. The van der Waals surface area contributed by atoms with E-state index in [9.17, 15) is 0 Å². The molecule has 1 aromatic heterocycles. The fourth-order valence-corrected chi connectivity index (χ4v) is 0.713. The van der Waals surface area contributed by atoms with E-state index in [4.69, 9.17) is 0 Å². The standard InChI is InChI=1S/C8H11N3/c1-3-4-10-8-7(2)5-9-6-11-8/h3-6H,1-2H3,(H,9,10,11)/b4-3-. The third-order valence-corrected chi connectivity index (χ3v) is 1.28. The Morgan fingerprint density at radius 3 is 3.00 bits per heavy atom. The van der Waals surface area contributed by atoms with E-state index in [0.717, 1.165) is 11.4 Å². The summed E-state index contributed by atoms with van der Waals surface area (Å²) in [6.45, 7) is 3.91. The predicted molar refractivity (Wildman–Crippen MR) is 45.2 cm³/mol. The van der Waals surface area contributed by atoms with Gasteiger partial charge in [0.05, 0.1) is 0 Å². The number of rotatable bonds is 2. The van der Waals surface area contributed by atoms with Crippen molar-refractivity contribution in [2.24, 2.45) is 0 Å². The Hall–Kier alpha value is -1.38. The summed E-state index contributed by atoms with van der Waals surface area (Å²) in [4.78, 5) is 7.92. The highest BCUT2D eigenvalue weighted by Gasteiger charge is 1.93. The summed E-state index contributed by atoms with van der Waals surface area (Å²) in [5.41, 5.74) is 1.05. The summed E-state index contributed by atoms with van der Waals surface area (Å²) in [5.74, 6) is 0.859. The summed E-state index contributed by atoms with van der Waals surface area (Å²) in [6, 6.07) is 0. The van der Waals surface area contributed by atoms with Gasteiger partial charge in [0.15, 0.2) is 0 Å². The Bertz CT molecular complexity index is 255. The molecule has 0 aromatic carbocycles. The van der Waals surface area contributed by atoms with Crippen molar-refractivity contribution >= 4 is 5.82 Å². The van der Waals surface area contributed by atoms with Crippen LogP contribution in [0.3, 0.4) is 0 Å². The van der Waals surface area contributed by atoms with Crippen molar-refractivity contribution < 1.29 is 0 Å². The lowest BCUT2D eigenvalue weighted by Crippen LogP contribution is -1.94. The van der Waals surface area contributed by atoms with Gasteiger partial charge in [-0.1, -0.05) is 6.08 Å². The van der Waals surface area contributed by atoms with Gasteiger partial charge >= 0.3 is 0 Å². The van der Waals surface area contributed by atoms with Crippen LogP contribution in [-0.2, 0) is 0 Å². The molecule has 1 heterocycles. The number of allylic oxidation sites excluding steroid dienone is 1. The van der Waals surface area contributed by atoms with Crippen molar-refractivity contribution in [3.05, 3.63) is 30.4 Å². The van der Waals surface area contributed by atoms with Crippen molar-refractivity contribution in [3.63, 3.8) is 0 Å². The zero-order chi connectivity index (χ0) is 8.10. The van der Waals surface area contributed by atoms with Crippen molar-refractivity contribution in [2.75, 3.05) is 5.32 Å². The highest BCUT2D eigenvalue weighted by Crippen LogP contribution is 2.06. The minimum absolute atomic E-state index is 0.859. The summed E-state index contributed by atoms with van der Waals surface area (Å²) in [6.07, 6.45) is 7.06. The van der Waals surface area contributed by atoms with Gasteiger partial charge < -0.3 is 5.32 Å². The molecule has 0 saturated carbocycles. The molecule has 3 heteroatoms. The first-order chi connectivity index (χ1) is 5.34. The van der Waals surface area contributed by atoms with E-state index in [1.807, 2.05) is 26.1 Å². The quantitative estimate of drug-likeness (QED) is 0.695.